The maximum atomic E-state index is 14.1. The summed E-state index contributed by atoms with van der Waals surface area (Å²) in [7, 11) is 0. The van der Waals surface area contributed by atoms with Gasteiger partial charge < -0.3 is 9.47 Å². The van der Waals surface area contributed by atoms with Crippen molar-refractivity contribution in [2.75, 3.05) is 6.61 Å². The molecule has 0 saturated heterocycles. The topological polar surface area (TPSA) is 69.9 Å². The van der Waals surface area contributed by atoms with Crippen LogP contribution in [0, 0.1) is 0 Å². The summed E-state index contributed by atoms with van der Waals surface area (Å²) in [5.74, 6) is 0.197. The predicted molar refractivity (Wildman–Crippen MR) is 177 cm³/mol. The molecule has 2 heterocycles. The molecule has 0 aliphatic carbocycles. The van der Waals surface area contributed by atoms with Crippen LogP contribution in [0.25, 0.3) is 16.8 Å². The van der Waals surface area contributed by atoms with E-state index in [9.17, 15) is 9.59 Å². The second-order valence-corrected chi connectivity index (χ2v) is 12.7. The van der Waals surface area contributed by atoms with Gasteiger partial charge in [-0.3, -0.25) is 9.36 Å². The van der Waals surface area contributed by atoms with Gasteiger partial charge in [0.05, 0.1) is 37.4 Å². The fourth-order valence-corrected chi connectivity index (χ4v) is 7.75. The van der Waals surface area contributed by atoms with Crippen LogP contribution >= 0.6 is 43.2 Å². The van der Waals surface area contributed by atoms with Crippen molar-refractivity contribution in [3.05, 3.63) is 142 Å². The Hall–Kier alpha value is -3.79. The van der Waals surface area contributed by atoms with Crippen molar-refractivity contribution >= 4 is 66.0 Å². The molecule has 0 saturated carbocycles. The Labute approximate surface area is 268 Å². The average molecular weight is 718 g/mol. The number of fused-ring (bicyclic) bond motifs is 2. The molecule has 0 unspecified atom stereocenters. The van der Waals surface area contributed by atoms with Crippen LogP contribution in [0.4, 0.5) is 0 Å². The van der Waals surface area contributed by atoms with Gasteiger partial charge in [-0.05, 0) is 91.4 Å². The van der Waals surface area contributed by atoms with Crippen molar-refractivity contribution in [3.63, 3.8) is 0 Å². The highest BCUT2D eigenvalue weighted by Gasteiger charge is 2.34. The number of aromatic nitrogens is 1. The molecule has 0 amide bonds. The minimum atomic E-state index is -0.684. The van der Waals surface area contributed by atoms with E-state index in [2.05, 4.69) is 31.9 Å². The van der Waals surface area contributed by atoms with E-state index >= 15 is 0 Å². The Bertz CT molecular complexity index is 2060. The van der Waals surface area contributed by atoms with Crippen LogP contribution in [0.15, 0.2) is 115 Å². The van der Waals surface area contributed by atoms with Gasteiger partial charge in [0, 0.05) is 0 Å². The fraction of sp³-hybridized carbons (Fsp3) is 0.147. The Kier molecular flexibility index (Phi) is 8.47. The van der Waals surface area contributed by atoms with Gasteiger partial charge in [-0.1, -0.05) is 84.1 Å². The average Bonchev–Trinajstić information content (AvgIpc) is 3.30. The molecule has 0 radical (unpaired) electrons. The molecule has 9 heteroatoms. The minimum Gasteiger partial charge on any atom is -0.487 e. The number of ether oxygens (including phenoxy) is 2. The molecule has 0 N–H and O–H groups in total. The number of nitrogens with zero attached hydrogens (tertiary/aromatic N) is 2. The highest BCUT2D eigenvalue weighted by Crippen LogP contribution is 2.36. The molecule has 5 aromatic rings. The van der Waals surface area contributed by atoms with Gasteiger partial charge in [0.25, 0.3) is 5.56 Å². The maximum Gasteiger partial charge on any atom is 0.338 e. The van der Waals surface area contributed by atoms with Crippen LogP contribution in [0.5, 0.6) is 5.75 Å². The Morgan fingerprint density at radius 3 is 2.44 bits per heavy atom. The van der Waals surface area contributed by atoms with Gasteiger partial charge in [0.2, 0.25) is 0 Å². The number of benzene rings is 4. The minimum absolute atomic E-state index is 0.219. The number of carbonyl (C=O) groups is 1. The normalized spacial score (nSPS) is 14.9. The molecular weight excluding hydrogens is 692 g/mol. The van der Waals surface area contributed by atoms with Crippen LogP contribution in [0.2, 0.25) is 0 Å². The number of esters is 1. The van der Waals surface area contributed by atoms with Gasteiger partial charge in [-0.25, -0.2) is 9.79 Å². The monoisotopic (exact) mass is 716 g/mol. The van der Waals surface area contributed by atoms with Crippen LogP contribution in [-0.4, -0.2) is 17.1 Å². The number of hydrogen-bond acceptors (Lipinski definition) is 6. The second kappa shape index (κ2) is 12.4. The Morgan fingerprint density at radius 1 is 1.00 bits per heavy atom. The van der Waals surface area contributed by atoms with E-state index in [-0.39, 0.29) is 12.2 Å². The van der Waals surface area contributed by atoms with E-state index in [0.717, 1.165) is 36.4 Å². The predicted octanol–water partition coefficient (Wildman–Crippen LogP) is 7.06. The van der Waals surface area contributed by atoms with E-state index in [1.54, 1.807) is 18.4 Å². The number of allylic oxidation sites excluding steroid dienone is 1. The largest absolute Gasteiger partial charge is 0.487 e. The van der Waals surface area contributed by atoms with Crippen LogP contribution in [0.1, 0.15) is 36.6 Å². The first kappa shape index (κ1) is 29.3. The number of rotatable bonds is 7. The molecule has 6 rings (SSSR count). The third-order valence-electron chi connectivity index (χ3n) is 7.18. The summed E-state index contributed by atoms with van der Waals surface area (Å²) >= 11 is 8.57. The Balaban J connectivity index is 1.46. The standard InChI is InChI=1S/C34H26Br2N2O4S/c1-3-41-33(40)29-20(2)37-34-38(30(29)25-15-9-13-23-12-7-8-14-24(23)25)32(39)28(43-34)18-22-16-26(35)31(27(36)17-22)42-19-21-10-5-4-6-11-21/h4-18,30H,3,19H2,1-2H3/b28-18+/t30-/m0/s1. The zero-order valence-electron chi connectivity index (χ0n) is 23.3. The second-order valence-electron chi connectivity index (χ2n) is 9.96. The van der Waals surface area contributed by atoms with E-state index in [1.165, 1.54) is 11.3 Å². The summed E-state index contributed by atoms with van der Waals surface area (Å²) < 4.78 is 15.2. The molecular formula is C34H26Br2N2O4S. The number of thiazole rings is 1. The van der Waals surface area contributed by atoms with Crippen LogP contribution < -0.4 is 19.6 Å². The van der Waals surface area contributed by atoms with Crippen molar-refractivity contribution in [2.24, 2.45) is 4.99 Å². The lowest BCUT2D eigenvalue weighted by molar-refractivity contribution is -0.139. The number of halogens is 2. The zero-order valence-corrected chi connectivity index (χ0v) is 27.3. The summed E-state index contributed by atoms with van der Waals surface area (Å²) in [5, 5.41) is 1.98. The molecule has 1 aliphatic rings. The maximum absolute atomic E-state index is 14.1. The summed E-state index contributed by atoms with van der Waals surface area (Å²) in [6.07, 6.45) is 1.84. The third kappa shape index (κ3) is 5.77. The van der Waals surface area contributed by atoms with Gasteiger partial charge in [-0.15, -0.1) is 0 Å². The van der Waals surface area contributed by atoms with Crippen molar-refractivity contribution in [1.82, 2.24) is 4.57 Å². The summed E-state index contributed by atoms with van der Waals surface area (Å²) in [6, 6.07) is 27.0. The summed E-state index contributed by atoms with van der Waals surface area (Å²) in [6.45, 7) is 4.21. The van der Waals surface area contributed by atoms with Gasteiger partial charge in [0.15, 0.2) is 4.80 Å². The number of hydrogen-bond donors (Lipinski definition) is 0. The van der Waals surface area contributed by atoms with E-state index in [4.69, 9.17) is 14.5 Å². The molecule has 0 spiro atoms. The smallest absolute Gasteiger partial charge is 0.338 e. The van der Waals surface area contributed by atoms with Crippen molar-refractivity contribution in [1.29, 1.82) is 0 Å². The lowest BCUT2D eigenvalue weighted by Gasteiger charge is -2.25. The zero-order chi connectivity index (χ0) is 30.1. The Morgan fingerprint density at radius 2 is 1.70 bits per heavy atom. The summed E-state index contributed by atoms with van der Waals surface area (Å²) in [4.78, 5) is 32.7. The first-order chi connectivity index (χ1) is 20.9. The fourth-order valence-electron chi connectivity index (χ4n) is 5.26. The molecule has 43 heavy (non-hydrogen) atoms. The van der Waals surface area contributed by atoms with Crippen LogP contribution in [-0.2, 0) is 16.1 Å². The molecule has 4 aromatic carbocycles. The molecule has 216 valence electrons. The molecule has 1 aliphatic heterocycles. The lowest BCUT2D eigenvalue weighted by atomic mass is 9.91. The SMILES string of the molecule is CCOC(=O)C1=C(C)N=c2s/c(=C/c3cc(Br)c(OCc4ccccc4)c(Br)c3)c(=O)n2[C@H]1c1cccc2ccccc12. The molecule has 6 nitrogen and oxygen atoms in total. The highest BCUT2D eigenvalue weighted by atomic mass is 79.9. The van der Waals surface area contributed by atoms with Gasteiger partial charge >= 0.3 is 5.97 Å². The molecule has 0 fully saturated rings. The van der Waals surface area contributed by atoms with Crippen LogP contribution in [0.3, 0.4) is 0 Å². The van der Waals surface area contributed by atoms with Gasteiger partial charge in [0.1, 0.15) is 12.4 Å². The van der Waals surface area contributed by atoms with E-state index < -0.39 is 12.0 Å². The highest BCUT2D eigenvalue weighted by molar-refractivity contribution is 9.11. The number of carbonyl (C=O) groups excluding carboxylic acids is 1. The van der Waals surface area contributed by atoms with Crippen molar-refractivity contribution in [2.45, 2.75) is 26.5 Å². The first-order valence-electron chi connectivity index (χ1n) is 13.7. The van der Waals surface area contributed by atoms with Crippen molar-refractivity contribution in [3.8, 4) is 5.75 Å². The quantitative estimate of drug-likeness (QED) is 0.169. The van der Waals surface area contributed by atoms with Gasteiger partial charge in [-0.2, -0.15) is 0 Å². The van der Waals surface area contributed by atoms with Crippen molar-refractivity contribution < 1.29 is 14.3 Å². The third-order valence-corrected chi connectivity index (χ3v) is 9.34. The molecule has 0 bridgehead atoms. The molecule has 1 aromatic heterocycles. The van der Waals surface area contributed by atoms with E-state index in [1.807, 2.05) is 91.0 Å². The lowest BCUT2D eigenvalue weighted by Crippen LogP contribution is -2.40. The van der Waals surface area contributed by atoms with E-state index in [0.29, 0.717) is 33.0 Å². The first-order valence-corrected chi connectivity index (χ1v) is 16.1. The molecule has 1 atom stereocenters. The summed E-state index contributed by atoms with van der Waals surface area (Å²) in [5.41, 5.74) is 3.38.